The average molecular weight is 314 g/mol. The van der Waals surface area contributed by atoms with Gasteiger partial charge < -0.3 is 9.47 Å². The van der Waals surface area contributed by atoms with Crippen LogP contribution in [0.15, 0.2) is 24.3 Å². The fraction of sp³-hybridized carbons (Fsp3) is 0.375. The van der Waals surface area contributed by atoms with E-state index < -0.39 is 0 Å². The highest BCUT2D eigenvalue weighted by Crippen LogP contribution is 2.16. The minimum absolute atomic E-state index is 0.196. The monoisotopic (exact) mass is 314 g/mol. The van der Waals surface area contributed by atoms with Crippen molar-refractivity contribution in [3.63, 3.8) is 0 Å². The molecule has 120 valence electrons. The summed E-state index contributed by atoms with van der Waals surface area (Å²) in [7, 11) is 1.53. The van der Waals surface area contributed by atoms with Gasteiger partial charge in [-0.25, -0.2) is 9.48 Å². The molecule has 0 saturated heterocycles. The number of methoxy groups -OCH3 is 1. The van der Waals surface area contributed by atoms with Crippen molar-refractivity contribution in [3.05, 3.63) is 41.2 Å². The van der Waals surface area contributed by atoms with E-state index in [2.05, 4.69) is 10.3 Å². The third kappa shape index (κ3) is 3.93. The zero-order valence-corrected chi connectivity index (χ0v) is 13.2. The zero-order valence-electron chi connectivity index (χ0n) is 13.2. The molecule has 23 heavy (non-hydrogen) atoms. The first kappa shape index (κ1) is 16.6. The summed E-state index contributed by atoms with van der Waals surface area (Å²) in [6.07, 6.45) is 1.79. The third-order valence-electron chi connectivity index (χ3n) is 3.21. The van der Waals surface area contributed by atoms with Crippen LogP contribution in [0.25, 0.3) is 5.69 Å². The van der Waals surface area contributed by atoms with Gasteiger partial charge in [0.15, 0.2) is 5.69 Å². The van der Waals surface area contributed by atoms with Crippen molar-refractivity contribution in [2.24, 2.45) is 0 Å². The van der Waals surface area contributed by atoms with E-state index in [1.807, 2.05) is 13.0 Å². The lowest BCUT2D eigenvalue weighted by molar-refractivity contribution is 0.0499. The molecule has 0 aliphatic heterocycles. The van der Waals surface area contributed by atoms with Gasteiger partial charge >= 0.3 is 5.97 Å². The van der Waals surface area contributed by atoms with Crippen molar-refractivity contribution >= 4 is 5.97 Å². The number of nitrogens with zero attached hydrogens (tertiary/aromatic N) is 4. The van der Waals surface area contributed by atoms with Crippen LogP contribution in [0.2, 0.25) is 0 Å². The first-order valence-corrected chi connectivity index (χ1v) is 7.32. The third-order valence-corrected chi connectivity index (χ3v) is 3.21. The Morgan fingerprint density at radius 2 is 2.26 bits per heavy atom. The molecule has 7 heteroatoms. The van der Waals surface area contributed by atoms with Gasteiger partial charge in [0.1, 0.15) is 11.8 Å². The highest BCUT2D eigenvalue weighted by Gasteiger charge is 2.15. The molecule has 0 saturated carbocycles. The molecule has 0 unspecified atom stereocenters. The second-order valence-electron chi connectivity index (χ2n) is 4.88. The molecular formula is C16H18N4O3. The second kappa shape index (κ2) is 8.06. The number of aromatic nitrogens is 3. The molecule has 0 radical (unpaired) electrons. The Balaban J connectivity index is 2.28. The van der Waals surface area contributed by atoms with Crippen molar-refractivity contribution < 1.29 is 14.3 Å². The Hall–Kier alpha value is -2.72. The lowest BCUT2D eigenvalue weighted by Gasteiger charge is -2.08. The predicted molar refractivity (Wildman–Crippen MR) is 82.0 cm³/mol. The van der Waals surface area contributed by atoms with Gasteiger partial charge in [-0.15, -0.1) is 5.10 Å². The van der Waals surface area contributed by atoms with Crippen LogP contribution < -0.4 is 0 Å². The summed E-state index contributed by atoms with van der Waals surface area (Å²) in [6, 6.07) is 8.82. The zero-order chi connectivity index (χ0) is 16.7. The molecule has 0 spiro atoms. The van der Waals surface area contributed by atoms with Crippen LogP contribution in [0.3, 0.4) is 0 Å². The Morgan fingerprint density at radius 1 is 1.43 bits per heavy atom. The Kier molecular flexibility index (Phi) is 5.83. The van der Waals surface area contributed by atoms with E-state index in [1.54, 1.807) is 24.3 Å². The maximum Gasteiger partial charge on any atom is 0.338 e. The van der Waals surface area contributed by atoms with Gasteiger partial charge in [0.2, 0.25) is 0 Å². The largest absolute Gasteiger partial charge is 0.462 e. The average Bonchev–Trinajstić information content (AvgIpc) is 2.98. The van der Waals surface area contributed by atoms with E-state index in [9.17, 15) is 4.79 Å². The first-order chi connectivity index (χ1) is 11.2. The van der Waals surface area contributed by atoms with Crippen LogP contribution in [0.1, 0.15) is 41.5 Å². The van der Waals surface area contributed by atoms with Crippen molar-refractivity contribution in [1.29, 1.82) is 5.26 Å². The number of hydrogen-bond acceptors (Lipinski definition) is 6. The number of carbonyl (C=O) groups excluding carboxylic acids is 1. The minimum atomic E-state index is -0.380. The maximum absolute atomic E-state index is 12.0. The molecular weight excluding hydrogens is 296 g/mol. The molecule has 2 rings (SSSR count). The highest BCUT2D eigenvalue weighted by molar-refractivity contribution is 5.90. The fourth-order valence-corrected chi connectivity index (χ4v) is 2.02. The van der Waals surface area contributed by atoms with Gasteiger partial charge in [0, 0.05) is 7.11 Å². The molecule has 0 fully saturated rings. The van der Waals surface area contributed by atoms with E-state index in [0.717, 1.165) is 12.8 Å². The van der Waals surface area contributed by atoms with Gasteiger partial charge in [-0.05, 0) is 24.6 Å². The van der Waals surface area contributed by atoms with E-state index >= 15 is 0 Å². The standard InChI is InChI=1S/C16H18N4O3/c1-3-4-8-23-16(21)12-6-5-7-13(9-12)20-15(11-22-2)14(10-17)18-19-20/h5-7,9H,3-4,8,11H2,1-2H3. The number of unbranched alkanes of at least 4 members (excludes halogenated alkanes) is 1. The Labute approximate surface area is 134 Å². The number of esters is 1. The number of benzene rings is 1. The number of ether oxygens (including phenoxy) is 2. The maximum atomic E-state index is 12.0. The quantitative estimate of drug-likeness (QED) is 0.575. The van der Waals surface area contributed by atoms with E-state index in [-0.39, 0.29) is 18.3 Å². The van der Waals surface area contributed by atoms with Gasteiger partial charge in [0.25, 0.3) is 0 Å². The smallest absolute Gasteiger partial charge is 0.338 e. The molecule has 1 aromatic heterocycles. The molecule has 7 nitrogen and oxygen atoms in total. The summed E-state index contributed by atoms with van der Waals surface area (Å²) < 4.78 is 11.8. The van der Waals surface area contributed by atoms with Crippen molar-refractivity contribution in [2.45, 2.75) is 26.4 Å². The number of rotatable bonds is 7. The van der Waals surface area contributed by atoms with Crippen molar-refractivity contribution in [2.75, 3.05) is 13.7 Å². The molecule has 0 bridgehead atoms. The van der Waals surface area contributed by atoms with Crippen LogP contribution in [-0.2, 0) is 16.1 Å². The van der Waals surface area contributed by atoms with Gasteiger partial charge in [-0.3, -0.25) is 0 Å². The first-order valence-electron chi connectivity index (χ1n) is 7.32. The van der Waals surface area contributed by atoms with Crippen molar-refractivity contribution in [3.8, 4) is 11.8 Å². The summed E-state index contributed by atoms with van der Waals surface area (Å²) in [4.78, 5) is 12.0. The summed E-state index contributed by atoms with van der Waals surface area (Å²) in [5.74, 6) is -0.380. The van der Waals surface area contributed by atoms with E-state index in [4.69, 9.17) is 14.7 Å². The van der Waals surface area contributed by atoms with Gasteiger partial charge in [0.05, 0.1) is 24.5 Å². The SMILES string of the molecule is CCCCOC(=O)c1cccc(-n2nnc(C#N)c2COC)c1. The normalized spacial score (nSPS) is 10.3. The lowest BCUT2D eigenvalue weighted by Crippen LogP contribution is -2.09. The molecule has 0 amide bonds. The molecule has 0 atom stereocenters. The lowest BCUT2D eigenvalue weighted by atomic mass is 10.2. The van der Waals surface area contributed by atoms with Crippen LogP contribution >= 0.6 is 0 Å². The van der Waals surface area contributed by atoms with Crippen LogP contribution in [-0.4, -0.2) is 34.7 Å². The Bertz CT molecular complexity index is 718. The molecule has 2 aromatic rings. The Morgan fingerprint density at radius 3 is 2.96 bits per heavy atom. The van der Waals surface area contributed by atoms with E-state index in [1.165, 1.54) is 11.8 Å². The summed E-state index contributed by atoms with van der Waals surface area (Å²) in [6.45, 7) is 2.63. The van der Waals surface area contributed by atoms with Crippen molar-refractivity contribution in [1.82, 2.24) is 15.0 Å². The van der Waals surface area contributed by atoms with Crippen LogP contribution in [0.4, 0.5) is 0 Å². The summed E-state index contributed by atoms with van der Waals surface area (Å²) in [5.41, 5.74) is 1.78. The van der Waals surface area contributed by atoms with E-state index in [0.29, 0.717) is 23.6 Å². The molecule has 0 aliphatic rings. The second-order valence-corrected chi connectivity index (χ2v) is 4.88. The number of hydrogen-bond donors (Lipinski definition) is 0. The summed E-state index contributed by atoms with van der Waals surface area (Å²) in [5, 5.41) is 16.9. The highest BCUT2D eigenvalue weighted by atomic mass is 16.5. The predicted octanol–water partition coefficient (Wildman–Crippen LogP) is 2.24. The topological polar surface area (TPSA) is 90.0 Å². The molecule has 0 N–H and O–H groups in total. The summed E-state index contributed by atoms with van der Waals surface area (Å²) >= 11 is 0. The number of nitriles is 1. The number of carbonyl (C=O) groups is 1. The van der Waals surface area contributed by atoms with Crippen LogP contribution in [0.5, 0.6) is 0 Å². The van der Waals surface area contributed by atoms with Gasteiger partial charge in [-0.1, -0.05) is 24.6 Å². The minimum Gasteiger partial charge on any atom is -0.462 e. The van der Waals surface area contributed by atoms with Gasteiger partial charge in [-0.2, -0.15) is 5.26 Å². The molecule has 1 aromatic carbocycles. The van der Waals surface area contributed by atoms with Crippen LogP contribution in [0, 0.1) is 11.3 Å². The molecule has 0 aliphatic carbocycles. The fourth-order valence-electron chi connectivity index (χ4n) is 2.02. The molecule has 1 heterocycles.